The molecule has 0 amide bonds. The van der Waals surface area contributed by atoms with Crippen molar-refractivity contribution in [3.8, 4) is 0 Å². The highest BCUT2D eigenvalue weighted by Gasteiger charge is 2.18. The molecular weight excluding hydrogens is 260 g/mol. The normalized spacial score (nSPS) is 16.4. The minimum absolute atomic E-state index is 1.01. The first-order valence-electron chi connectivity index (χ1n) is 7.64. The Morgan fingerprint density at radius 1 is 1.10 bits per heavy atom. The monoisotopic (exact) mass is 284 g/mol. The molecule has 0 unspecified atom stereocenters. The van der Waals surface area contributed by atoms with Gasteiger partial charge in [-0.25, -0.2) is 0 Å². The Balaban J connectivity index is 1.61. The molecule has 0 radical (unpaired) electrons. The van der Waals surface area contributed by atoms with Gasteiger partial charge in [0.1, 0.15) is 0 Å². The van der Waals surface area contributed by atoms with E-state index < -0.39 is 0 Å². The molecule has 0 saturated carbocycles. The lowest BCUT2D eigenvalue weighted by Crippen LogP contribution is -2.46. The number of aryl methyl sites for hydroxylation is 3. The molecular formula is C17H24N4. The first-order valence-corrected chi connectivity index (χ1v) is 7.64. The van der Waals surface area contributed by atoms with E-state index in [1.807, 2.05) is 17.9 Å². The number of hydrogen-bond acceptors (Lipinski definition) is 3. The van der Waals surface area contributed by atoms with Gasteiger partial charge in [-0.05, 0) is 31.0 Å². The minimum atomic E-state index is 1.01. The van der Waals surface area contributed by atoms with E-state index in [0.717, 1.165) is 32.7 Å². The molecule has 2 aromatic rings. The molecule has 1 aromatic carbocycles. The average Bonchev–Trinajstić information content (AvgIpc) is 2.88. The van der Waals surface area contributed by atoms with Crippen LogP contribution in [0.5, 0.6) is 0 Å². The second-order valence-corrected chi connectivity index (χ2v) is 6.08. The molecule has 1 aromatic heterocycles. The smallest absolute Gasteiger partial charge is 0.0534 e. The third-order valence-electron chi connectivity index (χ3n) is 4.24. The molecule has 4 heteroatoms. The molecule has 4 nitrogen and oxygen atoms in total. The summed E-state index contributed by atoms with van der Waals surface area (Å²) in [5.41, 5.74) is 5.42. The van der Waals surface area contributed by atoms with Crippen LogP contribution in [0.2, 0.25) is 0 Å². The molecule has 21 heavy (non-hydrogen) atoms. The molecule has 1 fully saturated rings. The van der Waals surface area contributed by atoms with Crippen molar-refractivity contribution in [1.82, 2.24) is 14.7 Å². The summed E-state index contributed by atoms with van der Waals surface area (Å²) in [5.74, 6) is 0. The Morgan fingerprint density at radius 3 is 2.52 bits per heavy atom. The maximum atomic E-state index is 4.25. The highest BCUT2D eigenvalue weighted by molar-refractivity contribution is 5.55. The van der Waals surface area contributed by atoms with Crippen LogP contribution in [0.15, 0.2) is 30.6 Å². The zero-order chi connectivity index (χ0) is 14.8. The van der Waals surface area contributed by atoms with Crippen molar-refractivity contribution < 1.29 is 0 Å². The fourth-order valence-corrected chi connectivity index (χ4v) is 3.02. The van der Waals surface area contributed by atoms with Gasteiger partial charge in [0.2, 0.25) is 0 Å². The first-order chi connectivity index (χ1) is 10.1. The molecule has 0 atom stereocenters. The summed E-state index contributed by atoms with van der Waals surface area (Å²) in [4.78, 5) is 5.03. The highest BCUT2D eigenvalue weighted by atomic mass is 15.3. The SMILES string of the molecule is Cc1ccc(C)c(N2CCN(Cc3cnn(C)c3)CC2)c1. The zero-order valence-electron chi connectivity index (χ0n) is 13.2. The van der Waals surface area contributed by atoms with Gasteiger partial charge >= 0.3 is 0 Å². The van der Waals surface area contributed by atoms with E-state index >= 15 is 0 Å². The predicted molar refractivity (Wildman–Crippen MR) is 86.6 cm³/mol. The lowest BCUT2D eigenvalue weighted by atomic mass is 10.1. The highest BCUT2D eigenvalue weighted by Crippen LogP contribution is 2.23. The summed E-state index contributed by atoms with van der Waals surface area (Å²) in [6.07, 6.45) is 4.08. The third-order valence-corrected chi connectivity index (χ3v) is 4.24. The lowest BCUT2D eigenvalue weighted by molar-refractivity contribution is 0.249. The fraction of sp³-hybridized carbons (Fsp3) is 0.471. The van der Waals surface area contributed by atoms with Crippen molar-refractivity contribution in [3.05, 3.63) is 47.3 Å². The molecule has 3 rings (SSSR count). The number of nitrogens with zero attached hydrogens (tertiary/aromatic N) is 4. The van der Waals surface area contributed by atoms with Crippen molar-refractivity contribution in [2.45, 2.75) is 20.4 Å². The van der Waals surface area contributed by atoms with Crippen LogP contribution in [0.3, 0.4) is 0 Å². The molecule has 0 bridgehead atoms. The molecule has 0 N–H and O–H groups in total. The zero-order valence-corrected chi connectivity index (χ0v) is 13.2. The van der Waals surface area contributed by atoms with Crippen molar-refractivity contribution in [1.29, 1.82) is 0 Å². The van der Waals surface area contributed by atoms with Gasteiger partial charge in [0.15, 0.2) is 0 Å². The van der Waals surface area contributed by atoms with E-state index in [0.29, 0.717) is 0 Å². The summed E-state index contributed by atoms with van der Waals surface area (Å²) in [5, 5.41) is 4.25. The second-order valence-electron chi connectivity index (χ2n) is 6.08. The summed E-state index contributed by atoms with van der Waals surface area (Å²) in [7, 11) is 1.97. The van der Waals surface area contributed by atoms with Gasteiger partial charge in [-0.15, -0.1) is 0 Å². The molecule has 0 spiro atoms. The minimum Gasteiger partial charge on any atom is -0.369 e. The quantitative estimate of drug-likeness (QED) is 0.865. The van der Waals surface area contributed by atoms with Crippen molar-refractivity contribution in [2.75, 3.05) is 31.1 Å². The number of hydrogen-bond donors (Lipinski definition) is 0. The molecule has 2 heterocycles. The Hall–Kier alpha value is -1.81. The topological polar surface area (TPSA) is 24.3 Å². The van der Waals surface area contributed by atoms with Crippen LogP contribution in [0.4, 0.5) is 5.69 Å². The third kappa shape index (κ3) is 3.27. The van der Waals surface area contributed by atoms with E-state index in [2.05, 4.69) is 53.1 Å². The van der Waals surface area contributed by atoms with Crippen LogP contribution in [0, 0.1) is 13.8 Å². The summed E-state index contributed by atoms with van der Waals surface area (Å²) >= 11 is 0. The van der Waals surface area contributed by atoms with E-state index in [4.69, 9.17) is 0 Å². The van der Waals surface area contributed by atoms with Crippen LogP contribution < -0.4 is 4.90 Å². The largest absolute Gasteiger partial charge is 0.369 e. The Bertz CT molecular complexity index is 609. The fourth-order valence-electron chi connectivity index (χ4n) is 3.02. The summed E-state index contributed by atoms with van der Waals surface area (Å²) in [6, 6.07) is 6.73. The van der Waals surface area contributed by atoms with Crippen LogP contribution in [-0.4, -0.2) is 40.9 Å². The number of benzene rings is 1. The Labute approximate surface area is 127 Å². The van der Waals surface area contributed by atoms with Gasteiger partial charge in [0, 0.05) is 57.2 Å². The number of aromatic nitrogens is 2. The van der Waals surface area contributed by atoms with Crippen molar-refractivity contribution >= 4 is 5.69 Å². The Kier molecular flexibility index (Phi) is 3.97. The molecule has 1 saturated heterocycles. The van der Waals surface area contributed by atoms with Gasteiger partial charge in [0.05, 0.1) is 6.20 Å². The maximum absolute atomic E-state index is 4.25. The van der Waals surface area contributed by atoms with E-state index in [1.54, 1.807) is 0 Å². The van der Waals surface area contributed by atoms with Gasteiger partial charge in [-0.1, -0.05) is 12.1 Å². The van der Waals surface area contributed by atoms with Crippen molar-refractivity contribution in [3.63, 3.8) is 0 Å². The van der Waals surface area contributed by atoms with Gasteiger partial charge < -0.3 is 4.90 Å². The molecule has 0 aliphatic carbocycles. The van der Waals surface area contributed by atoms with Crippen LogP contribution >= 0.6 is 0 Å². The van der Waals surface area contributed by atoms with Gasteiger partial charge in [-0.3, -0.25) is 9.58 Å². The Morgan fingerprint density at radius 2 is 1.86 bits per heavy atom. The molecule has 1 aliphatic rings. The van der Waals surface area contributed by atoms with Crippen LogP contribution in [-0.2, 0) is 13.6 Å². The molecule has 112 valence electrons. The van der Waals surface area contributed by atoms with Crippen molar-refractivity contribution in [2.24, 2.45) is 7.05 Å². The van der Waals surface area contributed by atoms with E-state index in [9.17, 15) is 0 Å². The first kappa shape index (κ1) is 14.1. The predicted octanol–water partition coefficient (Wildman–Crippen LogP) is 2.36. The maximum Gasteiger partial charge on any atom is 0.0534 e. The van der Waals surface area contributed by atoms with Gasteiger partial charge in [-0.2, -0.15) is 5.10 Å². The number of anilines is 1. The van der Waals surface area contributed by atoms with E-state index in [1.165, 1.54) is 22.4 Å². The van der Waals surface area contributed by atoms with E-state index in [-0.39, 0.29) is 0 Å². The standard InChI is InChI=1S/C17H24N4/c1-14-4-5-15(2)17(10-14)21-8-6-20(7-9-21)13-16-11-18-19(3)12-16/h4-5,10-12H,6-9,13H2,1-3H3. The summed E-state index contributed by atoms with van der Waals surface area (Å²) < 4.78 is 1.88. The van der Waals surface area contributed by atoms with Gasteiger partial charge in [0.25, 0.3) is 0 Å². The lowest BCUT2D eigenvalue weighted by Gasteiger charge is -2.36. The van der Waals surface area contributed by atoms with Crippen LogP contribution in [0.1, 0.15) is 16.7 Å². The van der Waals surface area contributed by atoms with Crippen LogP contribution in [0.25, 0.3) is 0 Å². The number of piperazine rings is 1. The summed E-state index contributed by atoms with van der Waals surface area (Å²) in [6.45, 7) is 9.81. The average molecular weight is 284 g/mol. The molecule has 1 aliphatic heterocycles. The second kappa shape index (κ2) is 5.90. The number of rotatable bonds is 3.